The highest BCUT2D eigenvalue weighted by Crippen LogP contribution is 2.23. The molecule has 0 amide bonds. The van der Waals surface area contributed by atoms with E-state index < -0.39 is 0 Å². The van der Waals surface area contributed by atoms with E-state index in [0.717, 1.165) is 37.3 Å². The summed E-state index contributed by atoms with van der Waals surface area (Å²) in [5.41, 5.74) is 2.59. The lowest BCUT2D eigenvalue weighted by molar-refractivity contribution is 0.0341. The highest BCUT2D eigenvalue weighted by Gasteiger charge is 2.23. The van der Waals surface area contributed by atoms with Crippen LogP contribution in [0.5, 0.6) is 0 Å². The Balaban J connectivity index is 1.63. The molecule has 2 aromatic rings. The normalized spacial score (nSPS) is 16.8. The first-order chi connectivity index (χ1) is 11.6. The van der Waals surface area contributed by atoms with Crippen LogP contribution in [0, 0.1) is 6.92 Å². The lowest BCUT2D eigenvalue weighted by atomic mass is 10.1. The number of rotatable bonds is 5. The molecule has 0 spiro atoms. The maximum absolute atomic E-state index is 12.5. The van der Waals surface area contributed by atoms with Crippen molar-refractivity contribution in [1.82, 2.24) is 9.78 Å². The van der Waals surface area contributed by atoms with Crippen LogP contribution in [0.1, 0.15) is 47.4 Å². The van der Waals surface area contributed by atoms with E-state index in [9.17, 15) is 4.79 Å². The van der Waals surface area contributed by atoms with E-state index >= 15 is 0 Å². The molecule has 0 radical (unpaired) electrons. The maximum atomic E-state index is 12.5. The Hall–Kier alpha value is -2.14. The van der Waals surface area contributed by atoms with Gasteiger partial charge < -0.3 is 9.47 Å². The van der Waals surface area contributed by atoms with Gasteiger partial charge in [0, 0.05) is 19.6 Å². The molecule has 5 heteroatoms. The first-order valence-corrected chi connectivity index (χ1v) is 8.52. The number of carbonyl (C=O) groups is 1. The molecule has 0 N–H and O–H groups in total. The monoisotopic (exact) mass is 328 g/mol. The summed E-state index contributed by atoms with van der Waals surface area (Å²) in [5, 5.41) is 4.41. The van der Waals surface area contributed by atoms with Crippen molar-refractivity contribution < 1.29 is 14.3 Å². The zero-order valence-electron chi connectivity index (χ0n) is 14.3. The molecule has 1 fully saturated rings. The first kappa shape index (κ1) is 16.7. The fraction of sp³-hybridized carbons (Fsp3) is 0.474. The fourth-order valence-electron chi connectivity index (χ4n) is 3.16. The van der Waals surface area contributed by atoms with Crippen LogP contribution in [0.25, 0.3) is 0 Å². The van der Waals surface area contributed by atoms with Crippen molar-refractivity contribution in [2.75, 3.05) is 13.2 Å². The van der Waals surface area contributed by atoms with Crippen molar-refractivity contribution in [3.63, 3.8) is 0 Å². The highest BCUT2D eigenvalue weighted by atomic mass is 16.5. The molecule has 24 heavy (non-hydrogen) atoms. The molecule has 5 nitrogen and oxygen atoms in total. The van der Waals surface area contributed by atoms with E-state index in [2.05, 4.69) is 5.10 Å². The number of esters is 1. The second kappa shape index (κ2) is 7.62. The summed E-state index contributed by atoms with van der Waals surface area (Å²) < 4.78 is 12.9. The second-order valence-electron chi connectivity index (χ2n) is 6.34. The van der Waals surface area contributed by atoms with Gasteiger partial charge in [-0.2, -0.15) is 5.10 Å². The average molecular weight is 328 g/mol. The molecule has 0 bridgehead atoms. The Morgan fingerprint density at radius 2 is 2.04 bits per heavy atom. The molecular formula is C19H24N2O3. The lowest BCUT2D eigenvalue weighted by Gasteiger charge is -2.23. The molecule has 3 rings (SSSR count). The Morgan fingerprint density at radius 1 is 1.33 bits per heavy atom. The predicted octanol–water partition coefficient (Wildman–Crippen LogP) is 3.33. The Kier molecular flexibility index (Phi) is 5.30. The quantitative estimate of drug-likeness (QED) is 0.790. The summed E-state index contributed by atoms with van der Waals surface area (Å²) >= 11 is 0. The van der Waals surface area contributed by atoms with Crippen LogP contribution in [0.2, 0.25) is 0 Å². The van der Waals surface area contributed by atoms with Crippen molar-refractivity contribution >= 4 is 5.97 Å². The molecule has 1 aromatic heterocycles. The van der Waals surface area contributed by atoms with Crippen LogP contribution < -0.4 is 0 Å². The lowest BCUT2D eigenvalue weighted by Crippen LogP contribution is -2.22. The van der Waals surface area contributed by atoms with Crippen LogP contribution in [0.4, 0.5) is 0 Å². The van der Waals surface area contributed by atoms with Crippen molar-refractivity contribution in [3.8, 4) is 0 Å². The fourth-order valence-corrected chi connectivity index (χ4v) is 3.16. The van der Waals surface area contributed by atoms with Crippen LogP contribution in [0.3, 0.4) is 0 Å². The molecule has 1 aromatic carbocycles. The highest BCUT2D eigenvalue weighted by molar-refractivity contribution is 5.90. The zero-order valence-corrected chi connectivity index (χ0v) is 14.3. The smallest absolute Gasteiger partial charge is 0.341 e. The maximum Gasteiger partial charge on any atom is 0.341 e. The van der Waals surface area contributed by atoms with Gasteiger partial charge in [0.1, 0.15) is 11.7 Å². The van der Waals surface area contributed by atoms with Gasteiger partial charge in [-0.15, -0.1) is 0 Å². The summed E-state index contributed by atoms with van der Waals surface area (Å²) in [5.74, 6) is -0.297. The average Bonchev–Trinajstić information content (AvgIpc) is 2.98. The second-order valence-corrected chi connectivity index (χ2v) is 6.34. The summed E-state index contributed by atoms with van der Waals surface area (Å²) in [4.78, 5) is 12.5. The third-order valence-electron chi connectivity index (χ3n) is 4.48. The van der Waals surface area contributed by atoms with Gasteiger partial charge in [0.15, 0.2) is 0 Å². The Labute approximate surface area is 142 Å². The minimum atomic E-state index is -0.297. The van der Waals surface area contributed by atoms with Crippen LogP contribution in [-0.2, 0) is 15.9 Å². The summed E-state index contributed by atoms with van der Waals surface area (Å²) in [6, 6.07) is 10.4. The standard InChI is InChI=1S/C19H24N2O3/c1-14(12-16-6-4-3-5-7-16)24-19(22)18-13-20-21(15(18)2)17-8-10-23-11-9-17/h3-7,13-14,17H,8-12H2,1-2H3. The predicted molar refractivity (Wildman–Crippen MR) is 91.1 cm³/mol. The third kappa shape index (κ3) is 3.85. The Bertz CT molecular complexity index is 675. The number of carbonyl (C=O) groups excluding carboxylic acids is 1. The minimum Gasteiger partial charge on any atom is -0.459 e. The van der Waals surface area contributed by atoms with E-state index in [1.165, 1.54) is 0 Å². The van der Waals surface area contributed by atoms with E-state index in [4.69, 9.17) is 9.47 Å². The van der Waals surface area contributed by atoms with E-state index in [1.54, 1.807) is 6.20 Å². The zero-order chi connectivity index (χ0) is 16.9. The summed E-state index contributed by atoms with van der Waals surface area (Å²) in [6.07, 6.45) is 4.02. The van der Waals surface area contributed by atoms with E-state index in [0.29, 0.717) is 18.0 Å². The molecule has 128 valence electrons. The SMILES string of the molecule is Cc1c(C(=O)OC(C)Cc2ccccc2)cnn1C1CCOCC1. The Morgan fingerprint density at radius 3 is 2.75 bits per heavy atom. The molecule has 1 aliphatic heterocycles. The van der Waals surface area contributed by atoms with Gasteiger partial charge in [-0.1, -0.05) is 30.3 Å². The molecule has 1 saturated heterocycles. The number of nitrogens with zero attached hydrogens (tertiary/aromatic N) is 2. The third-order valence-corrected chi connectivity index (χ3v) is 4.48. The topological polar surface area (TPSA) is 53.3 Å². The molecular weight excluding hydrogens is 304 g/mol. The van der Waals surface area contributed by atoms with Crippen molar-refractivity contribution in [1.29, 1.82) is 0 Å². The molecule has 1 unspecified atom stereocenters. The van der Waals surface area contributed by atoms with E-state index in [-0.39, 0.29) is 12.1 Å². The van der Waals surface area contributed by atoms with Crippen LogP contribution >= 0.6 is 0 Å². The van der Waals surface area contributed by atoms with Gasteiger partial charge in [0.25, 0.3) is 0 Å². The molecule has 0 saturated carbocycles. The van der Waals surface area contributed by atoms with Crippen LogP contribution in [0.15, 0.2) is 36.5 Å². The van der Waals surface area contributed by atoms with Gasteiger partial charge in [0.2, 0.25) is 0 Å². The molecule has 0 aliphatic carbocycles. The van der Waals surface area contributed by atoms with Crippen molar-refractivity contribution in [2.24, 2.45) is 0 Å². The minimum absolute atomic E-state index is 0.175. The number of benzene rings is 1. The van der Waals surface area contributed by atoms with Gasteiger partial charge in [-0.25, -0.2) is 4.79 Å². The van der Waals surface area contributed by atoms with Gasteiger partial charge in [0.05, 0.1) is 17.9 Å². The van der Waals surface area contributed by atoms with Crippen molar-refractivity contribution in [2.45, 2.75) is 45.3 Å². The van der Waals surface area contributed by atoms with Gasteiger partial charge >= 0.3 is 5.97 Å². The molecule has 1 aliphatic rings. The van der Waals surface area contributed by atoms with E-state index in [1.807, 2.05) is 48.9 Å². The number of ether oxygens (including phenoxy) is 2. The first-order valence-electron chi connectivity index (χ1n) is 8.52. The summed E-state index contributed by atoms with van der Waals surface area (Å²) in [7, 11) is 0. The van der Waals surface area contributed by atoms with Crippen LogP contribution in [-0.4, -0.2) is 35.1 Å². The largest absolute Gasteiger partial charge is 0.459 e. The number of hydrogen-bond donors (Lipinski definition) is 0. The molecule has 2 heterocycles. The van der Waals surface area contributed by atoms with Gasteiger partial charge in [-0.05, 0) is 32.3 Å². The number of hydrogen-bond acceptors (Lipinski definition) is 4. The van der Waals surface area contributed by atoms with Gasteiger partial charge in [-0.3, -0.25) is 4.68 Å². The number of aromatic nitrogens is 2. The summed E-state index contributed by atoms with van der Waals surface area (Å²) in [6.45, 7) is 5.35. The molecule has 1 atom stereocenters. The van der Waals surface area contributed by atoms with Crippen molar-refractivity contribution in [3.05, 3.63) is 53.3 Å².